The lowest BCUT2D eigenvalue weighted by molar-refractivity contribution is 0.0727. The van der Waals surface area contributed by atoms with Crippen LogP contribution in [0.3, 0.4) is 0 Å². The number of methoxy groups -OCH3 is 1. The van der Waals surface area contributed by atoms with Crippen molar-refractivity contribution in [3.63, 3.8) is 0 Å². The lowest BCUT2D eigenvalue weighted by Gasteiger charge is -2.22. The van der Waals surface area contributed by atoms with Gasteiger partial charge in [0.05, 0.1) is 31.1 Å². The third-order valence-corrected chi connectivity index (χ3v) is 5.39. The van der Waals surface area contributed by atoms with Crippen LogP contribution in [0.2, 0.25) is 0 Å². The molecule has 0 fully saturated rings. The average molecular weight is 405 g/mol. The predicted molar refractivity (Wildman–Crippen MR) is 113 cm³/mol. The molecule has 0 aliphatic rings. The highest BCUT2D eigenvalue weighted by Gasteiger charge is 2.19. The molecule has 4 aromatic rings. The smallest absolute Gasteiger partial charge is 0.258 e. The summed E-state index contributed by atoms with van der Waals surface area (Å²) in [6, 6.07) is 18.1. The molecule has 0 bridgehead atoms. The Kier molecular flexibility index (Phi) is 5.39. The quantitative estimate of drug-likeness (QED) is 0.529. The Balaban J connectivity index is 1.69. The predicted octanol–water partition coefficient (Wildman–Crippen LogP) is 3.84. The number of carbonyl (C=O) groups excluding carboxylic acids is 1. The van der Waals surface area contributed by atoms with Crippen LogP contribution in [0.25, 0.3) is 10.9 Å². The molecule has 29 heavy (non-hydrogen) atoms. The van der Waals surface area contributed by atoms with Crippen molar-refractivity contribution in [2.24, 2.45) is 0 Å². The number of nitrogens with zero attached hydrogens (tertiary/aromatic N) is 2. The molecule has 2 aromatic carbocycles. The molecule has 0 saturated carbocycles. The van der Waals surface area contributed by atoms with Gasteiger partial charge in [0.25, 0.3) is 11.5 Å². The molecule has 146 valence electrons. The van der Waals surface area contributed by atoms with E-state index in [2.05, 4.69) is 9.97 Å². The molecule has 1 amide bonds. The van der Waals surface area contributed by atoms with Gasteiger partial charge in [0.1, 0.15) is 11.6 Å². The van der Waals surface area contributed by atoms with Crippen LogP contribution in [-0.4, -0.2) is 27.9 Å². The minimum absolute atomic E-state index is 0.159. The van der Waals surface area contributed by atoms with Crippen LogP contribution in [-0.2, 0) is 13.1 Å². The highest BCUT2D eigenvalue weighted by Crippen LogP contribution is 2.19. The number of ether oxygens (including phenoxy) is 1. The molecule has 7 heteroatoms. The van der Waals surface area contributed by atoms with E-state index >= 15 is 0 Å². The SMILES string of the molecule is COc1cccc(C(=O)N(Cc2nc3ccccc3c(=O)[nH]2)Cc2cccs2)c1. The number of aromatic nitrogens is 2. The number of nitrogens with one attached hydrogen (secondary N) is 1. The van der Waals surface area contributed by atoms with Gasteiger partial charge >= 0.3 is 0 Å². The van der Waals surface area contributed by atoms with Gasteiger partial charge in [-0.05, 0) is 41.8 Å². The van der Waals surface area contributed by atoms with Gasteiger partial charge in [-0.1, -0.05) is 24.3 Å². The fraction of sp³-hybridized carbons (Fsp3) is 0.136. The Morgan fingerprint density at radius 1 is 1.10 bits per heavy atom. The highest BCUT2D eigenvalue weighted by molar-refractivity contribution is 7.09. The first-order valence-corrected chi connectivity index (χ1v) is 9.95. The molecule has 6 nitrogen and oxygen atoms in total. The second-order valence-corrected chi connectivity index (χ2v) is 7.53. The minimum atomic E-state index is -0.212. The van der Waals surface area contributed by atoms with E-state index in [1.54, 1.807) is 65.8 Å². The zero-order valence-corrected chi connectivity index (χ0v) is 16.6. The average Bonchev–Trinajstić information content (AvgIpc) is 3.26. The molecular formula is C22H19N3O3S. The summed E-state index contributed by atoms with van der Waals surface area (Å²) in [7, 11) is 1.57. The van der Waals surface area contributed by atoms with Crippen molar-refractivity contribution in [1.82, 2.24) is 14.9 Å². The van der Waals surface area contributed by atoms with E-state index in [0.29, 0.717) is 34.6 Å². The van der Waals surface area contributed by atoms with Gasteiger partial charge in [-0.2, -0.15) is 0 Å². The van der Waals surface area contributed by atoms with Crippen molar-refractivity contribution in [3.05, 3.63) is 92.7 Å². The molecule has 0 radical (unpaired) electrons. The molecule has 2 heterocycles. The van der Waals surface area contributed by atoms with Gasteiger partial charge < -0.3 is 14.6 Å². The lowest BCUT2D eigenvalue weighted by Crippen LogP contribution is -2.31. The third kappa shape index (κ3) is 4.20. The van der Waals surface area contributed by atoms with Crippen molar-refractivity contribution in [3.8, 4) is 5.75 Å². The Morgan fingerprint density at radius 3 is 2.76 bits per heavy atom. The highest BCUT2D eigenvalue weighted by atomic mass is 32.1. The van der Waals surface area contributed by atoms with Crippen LogP contribution < -0.4 is 10.3 Å². The summed E-state index contributed by atoms with van der Waals surface area (Å²) in [4.78, 5) is 35.7. The van der Waals surface area contributed by atoms with Crippen molar-refractivity contribution in [2.45, 2.75) is 13.1 Å². The molecule has 0 aliphatic carbocycles. The molecular weight excluding hydrogens is 386 g/mol. The number of aromatic amines is 1. The van der Waals surface area contributed by atoms with Gasteiger partial charge in [0, 0.05) is 10.4 Å². The maximum atomic E-state index is 13.2. The van der Waals surface area contributed by atoms with Crippen molar-refractivity contribution in [1.29, 1.82) is 0 Å². The molecule has 0 spiro atoms. The van der Waals surface area contributed by atoms with Gasteiger partial charge in [-0.3, -0.25) is 9.59 Å². The van der Waals surface area contributed by atoms with Crippen LogP contribution >= 0.6 is 11.3 Å². The summed E-state index contributed by atoms with van der Waals surface area (Å²) in [6.45, 7) is 0.609. The number of hydrogen-bond acceptors (Lipinski definition) is 5. The first kappa shape index (κ1) is 18.9. The van der Waals surface area contributed by atoms with E-state index in [-0.39, 0.29) is 18.0 Å². The number of thiophene rings is 1. The van der Waals surface area contributed by atoms with E-state index in [9.17, 15) is 9.59 Å². The number of amides is 1. The molecule has 0 aliphatic heterocycles. The number of hydrogen-bond donors (Lipinski definition) is 1. The molecule has 2 aromatic heterocycles. The van der Waals surface area contributed by atoms with Crippen molar-refractivity contribution < 1.29 is 9.53 Å². The van der Waals surface area contributed by atoms with E-state index in [1.807, 2.05) is 23.6 Å². The molecule has 0 saturated heterocycles. The Bertz CT molecular complexity index is 1200. The van der Waals surface area contributed by atoms with Crippen LogP contribution in [0, 0.1) is 0 Å². The number of para-hydroxylation sites is 1. The zero-order valence-electron chi connectivity index (χ0n) is 15.8. The second-order valence-electron chi connectivity index (χ2n) is 6.50. The normalized spacial score (nSPS) is 10.8. The molecule has 1 N–H and O–H groups in total. The van der Waals surface area contributed by atoms with Crippen LogP contribution in [0.5, 0.6) is 5.75 Å². The first-order valence-electron chi connectivity index (χ1n) is 9.07. The lowest BCUT2D eigenvalue weighted by atomic mass is 10.2. The van der Waals surface area contributed by atoms with E-state index in [0.717, 1.165) is 4.88 Å². The number of rotatable bonds is 6. The summed E-state index contributed by atoms with van der Waals surface area (Å²) < 4.78 is 5.24. The van der Waals surface area contributed by atoms with Gasteiger partial charge in [0.2, 0.25) is 0 Å². The molecule has 4 rings (SSSR count). The van der Waals surface area contributed by atoms with E-state index < -0.39 is 0 Å². The molecule has 0 unspecified atom stereocenters. The fourth-order valence-electron chi connectivity index (χ4n) is 3.12. The van der Waals surface area contributed by atoms with Crippen LogP contribution in [0.4, 0.5) is 0 Å². The fourth-order valence-corrected chi connectivity index (χ4v) is 3.84. The maximum absolute atomic E-state index is 13.2. The summed E-state index contributed by atoms with van der Waals surface area (Å²) >= 11 is 1.58. The standard InChI is InChI=1S/C22H19N3O3S/c1-28-16-7-4-6-15(12-16)22(27)25(13-17-8-5-11-29-17)14-20-23-19-10-3-2-9-18(19)21(26)24-20/h2-12H,13-14H2,1H3,(H,23,24,26). The van der Waals surface area contributed by atoms with Gasteiger partial charge in [-0.15, -0.1) is 11.3 Å². The van der Waals surface area contributed by atoms with Crippen LogP contribution in [0.15, 0.2) is 70.8 Å². The summed E-state index contributed by atoms with van der Waals surface area (Å²) in [5.74, 6) is 0.902. The monoisotopic (exact) mass is 405 g/mol. The Morgan fingerprint density at radius 2 is 1.97 bits per heavy atom. The molecule has 0 atom stereocenters. The van der Waals surface area contributed by atoms with Gasteiger partial charge in [0.15, 0.2) is 0 Å². The number of H-pyrrole nitrogens is 1. The third-order valence-electron chi connectivity index (χ3n) is 4.53. The van der Waals surface area contributed by atoms with E-state index in [1.165, 1.54) is 0 Å². The number of fused-ring (bicyclic) bond motifs is 1. The summed E-state index contributed by atoms with van der Waals surface area (Å²) in [6.07, 6.45) is 0. The largest absolute Gasteiger partial charge is 0.497 e. The van der Waals surface area contributed by atoms with Gasteiger partial charge in [-0.25, -0.2) is 4.98 Å². The first-order chi connectivity index (χ1) is 14.1. The van der Waals surface area contributed by atoms with Crippen molar-refractivity contribution >= 4 is 28.1 Å². The van der Waals surface area contributed by atoms with Crippen LogP contribution in [0.1, 0.15) is 21.1 Å². The summed E-state index contributed by atoms with van der Waals surface area (Å²) in [5, 5.41) is 2.50. The summed E-state index contributed by atoms with van der Waals surface area (Å²) in [5.41, 5.74) is 0.913. The number of carbonyl (C=O) groups is 1. The number of benzene rings is 2. The van der Waals surface area contributed by atoms with E-state index in [4.69, 9.17) is 4.74 Å². The van der Waals surface area contributed by atoms with Crippen molar-refractivity contribution in [2.75, 3.05) is 7.11 Å². The Labute approximate surface area is 171 Å². The topological polar surface area (TPSA) is 75.3 Å². The Hall–Kier alpha value is -3.45. The zero-order chi connectivity index (χ0) is 20.2. The minimum Gasteiger partial charge on any atom is -0.497 e. The maximum Gasteiger partial charge on any atom is 0.258 e. The second kappa shape index (κ2) is 8.28.